The molecule has 1 rings (SSSR count). The zero-order chi connectivity index (χ0) is 15.0. The van der Waals surface area contributed by atoms with E-state index in [0.29, 0.717) is 0 Å². The molecule has 0 N–H and O–H groups in total. The van der Waals surface area contributed by atoms with Crippen LogP contribution in [0.5, 0.6) is 5.75 Å². The molecule has 0 aliphatic rings. The number of methoxy groups -OCH3 is 1. The fraction of sp³-hybridized carbons (Fsp3) is 0.500. The number of ether oxygens (including phenoxy) is 1. The van der Waals surface area contributed by atoms with Gasteiger partial charge < -0.3 is 10.3 Å². The largest absolute Gasteiger partial charge is 0.497 e. The maximum atomic E-state index is 12.1. The first-order valence-corrected chi connectivity index (χ1v) is 6.98. The van der Waals surface area contributed by atoms with Crippen LogP contribution < -0.4 is 4.74 Å². The van der Waals surface area contributed by atoms with E-state index in [2.05, 4.69) is 11.7 Å². The van der Waals surface area contributed by atoms with Crippen molar-refractivity contribution in [2.45, 2.75) is 39.5 Å². The highest BCUT2D eigenvalue weighted by atomic mass is 16.5. The lowest BCUT2D eigenvalue weighted by atomic mass is 9.90. The summed E-state index contributed by atoms with van der Waals surface area (Å²) in [5, 5.41) is 0. The normalized spacial score (nSPS) is 11.6. The lowest BCUT2D eigenvalue weighted by molar-refractivity contribution is -0.121. The SMILES string of the molecule is CCCC(CCc1ccc(OC)cc1)C(=O)C(C)=[N+]=[N-]. The molecule has 4 nitrogen and oxygen atoms in total. The number of benzene rings is 1. The average molecular weight is 274 g/mol. The molecule has 0 fully saturated rings. The highest BCUT2D eigenvalue weighted by Gasteiger charge is 2.24. The van der Waals surface area contributed by atoms with Gasteiger partial charge in [-0.15, -0.1) is 0 Å². The minimum absolute atomic E-state index is 0.0529. The number of nitrogens with zero attached hydrogens (tertiary/aromatic N) is 2. The van der Waals surface area contributed by atoms with Gasteiger partial charge in [0.15, 0.2) is 0 Å². The molecule has 1 aromatic rings. The Bertz CT molecular complexity index is 488. The van der Waals surface area contributed by atoms with E-state index < -0.39 is 0 Å². The van der Waals surface area contributed by atoms with Gasteiger partial charge in [-0.3, -0.25) is 4.79 Å². The third kappa shape index (κ3) is 4.63. The Balaban J connectivity index is 2.66. The van der Waals surface area contributed by atoms with Crippen molar-refractivity contribution in [3.63, 3.8) is 0 Å². The Morgan fingerprint density at radius 3 is 2.45 bits per heavy atom. The summed E-state index contributed by atoms with van der Waals surface area (Å²) in [5.74, 6) is 0.707. The van der Waals surface area contributed by atoms with E-state index in [1.165, 1.54) is 5.56 Å². The van der Waals surface area contributed by atoms with Crippen LogP contribution in [0.4, 0.5) is 0 Å². The van der Waals surface area contributed by atoms with E-state index in [1.807, 2.05) is 24.3 Å². The van der Waals surface area contributed by atoms with E-state index >= 15 is 0 Å². The van der Waals surface area contributed by atoms with Gasteiger partial charge in [0.2, 0.25) is 5.78 Å². The molecule has 1 unspecified atom stereocenters. The summed E-state index contributed by atoms with van der Waals surface area (Å²) in [6.07, 6.45) is 3.37. The second kappa shape index (κ2) is 8.28. The van der Waals surface area contributed by atoms with Crippen LogP contribution in [-0.2, 0) is 11.2 Å². The summed E-state index contributed by atoms with van der Waals surface area (Å²) < 4.78 is 5.12. The number of carbonyl (C=O) groups excluding carboxylic acids is 1. The van der Waals surface area contributed by atoms with Gasteiger partial charge in [0.05, 0.1) is 7.11 Å². The summed E-state index contributed by atoms with van der Waals surface area (Å²) in [7, 11) is 1.64. The minimum atomic E-state index is -0.0713. The van der Waals surface area contributed by atoms with Crippen LogP contribution in [0.15, 0.2) is 24.3 Å². The van der Waals surface area contributed by atoms with Crippen LogP contribution in [0.2, 0.25) is 0 Å². The smallest absolute Gasteiger partial charge is 0.331 e. The van der Waals surface area contributed by atoms with Gasteiger partial charge in [0.1, 0.15) is 5.75 Å². The van der Waals surface area contributed by atoms with Gasteiger partial charge in [-0.25, -0.2) is 0 Å². The molecule has 0 amide bonds. The van der Waals surface area contributed by atoms with Gasteiger partial charge in [-0.1, -0.05) is 25.5 Å². The van der Waals surface area contributed by atoms with Gasteiger partial charge in [-0.2, -0.15) is 4.79 Å². The molecule has 0 saturated heterocycles. The molecule has 4 heteroatoms. The molecule has 1 aromatic carbocycles. The van der Waals surface area contributed by atoms with Crippen LogP contribution in [0.3, 0.4) is 0 Å². The molecule has 20 heavy (non-hydrogen) atoms. The lowest BCUT2D eigenvalue weighted by Crippen LogP contribution is -2.23. The zero-order valence-electron chi connectivity index (χ0n) is 12.4. The van der Waals surface area contributed by atoms with Gasteiger partial charge in [-0.05, 0) is 37.0 Å². The summed E-state index contributed by atoms with van der Waals surface area (Å²) in [4.78, 5) is 15.1. The predicted octanol–water partition coefficient (Wildman–Crippen LogP) is 3.30. The van der Waals surface area contributed by atoms with Crippen LogP contribution in [0.1, 0.15) is 38.7 Å². The van der Waals surface area contributed by atoms with Crippen LogP contribution >= 0.6 is 0 Å². The highest BCUT2D eigenvalue weighted by molar-refractivity contribution is 6.37. The Hall–Kier alpha value is -1.93. The highest BCUT2D eigenvalue weighted by Crippen LogP contribution is 2.18. The molecule has 1 atom stereocenters. The number of aryl methyl sites for hydroxylation is 1. The topological polar surface area (TPSA) is 62.7 Å². The van der Waals surface area contributed by atoms with Gasteiger partial charge >= 0.3 is 5.71 Å². The number of rotatable bonds is 8. The van der Waals surface area contributed by atoms with Crippen molar-refractivity contribution >= 4 is 11.5 Å². The van der Waals surface area contributed by atoms with Gasteiger partial charge in [0, 0.05) is 12.8 Å². The number of ketones is 1. The summed E-state index contributed by atoms with van der Waals surface area (Å²) >= 11 is 0. The van der Waals surface area contributed by atoms with Crippen molar-refractivity contribution in [3.05, 3.63) is 35.4 Å². The first-order chi connectivity index (χ1) is 9.62. The van der Waals surface area contributed by atoms with Crippen molar-refractivity contribution < 1.29 is 14.3 Å². The first kappa shape index (κ1) is 16.1. The van der Waals surface area contributed by atoms with Crippen LogP contribution in [0.25, 0.3) is 5.53 Å². The Labute approximate surface area is 120 Å². The Kier molecular flexibility index (Phi) is 6.68. The maximum absolute atomic E-state index is 12.1. The first-order valence-electron chi connectivity index (χ1n) is 6.98. The standard InChI is InChI=1S/C16H22N2O2/c1-4-5-14(16(19)12(2)18-17)9-6-13-7-10-15(20-3)11-8-13/h7-8,10-11,14H,4-6,9H2,1-3H3. The molecule has 0 saturated carbocycles. The third-order valence-electron chi connectivity index (χ3n) is 3.46. The predicted molar refractivity (Wildman–Crippen MR) is 79.0 cm³/mol. The number of Topliss-reactive ketones (excluding diaryl/α,β-unsaturated/α-hetero) is 1. The van der Waals surface area contributed by atoms with E-state index in [-0.39, 0.29) is 17.4 Å². The fourth-order valence-electron chi connectivity index (χ4n) is 2.23. The van der Waals surface area contributed by atoms with Crippen LogP contribution in [0, 0.1) is 5.92 Å². The summed E-state index contributed by atoms with van der Waals surface area (Å²) in [6.45, 7) is 3.61. The molecular formula is C16H22N2O2. The molecule has 0 radical (unpaired) electrons. The lowest BCUT2D eigenvalue weighted by Gasteiger charge is -2.12. The zero-order valence-corrected chi connectivity index (χ0v) is 12.4. The monoisotopic (exact) mass is 274 g/mol. The molecule has 0 spiro atoms. The second-order valence-electron chi connectivity index (χ2n) is 4.92. The minimum Gasteiger partial charge on any atom is -0.497 e. The van der Waals surface area contributed by atoms with E-state index in [9.17, 15) is 4.79 Å². The Morgan fingerprint density at radius 1 is 1.30 bits per heavy atom. The quantitative estimate of drug-likeness (QED) is 0.415. The van der Waals surface area contributed by atoms with Crippen molar-refractivity contribution in [1.29, 1.82) is 0 Å². The fourth-order valence-corrected chi connectivity index (χ4v) is 2.23. The van der Waals surface area contributed by atoms with Crippen molar-refractivity contribution in [1.82, 2.24) is 0 Å². The van der Waals surface area contributed by atoms with E-state index in [1.54, 1.807) is 14.0 Å². The molecule has 0 aromatic heterocycles. The second-order valence-corrected chi connectivity index (χ2v) is 4.92. The number of hydrogen-bond donors (Lipinski definition) is 0. The molecule has 0 aliphatic heterocycles. The third-order valence-corrected chi connectivity index (χ3v) is 3.46. The average Bonchev–Trinajstić information content (AvgIpc) is 2.50. The van der Waals surface area contributed by atoms with Crippen molar-refractivity contribution in [3.8, 4) is 5.75 Å². The molecule has 0 bridgehead atoms. The summed E-state index contributed by atoms with van der Waals surface area (Å²) in [5.41, 5.74) is 10.1. The Morgan fingerprint density at radius 2 is 1.95 bits per heavy atom. The van der Waals surface area contributed by atoms with E-state index in [0.717, 1.165) is 31.4 Å². The number of hydrogen-bond acceptors (Lipinski definition) is 2. The molecule has 0 heterocycles. The molecule has 108 valence electrons. The maximum Gasteiger partial charge on any atom is 0.331 e. The van der Waals surface area contributed by atoms with E-state index in [4.69, 9.17) is 10.3 Å². The number of carbonyl (C=O) groups is 1. The summed E-state index contributed by atoms with van der Waals surface area (Å²) in [6, 6.07) is 7.87. The van der Waals surface area contributed by atoms with Crippen LogP contribution in [-0.4, -0.2) is 23.4 Å². The molecule has 0 aliphatic carbocycles. The van der Waals surface area contributed by atoms with Gasteiger partial charge in [0.25, 0.3) is 0 Å². The molecular weight excluding hydrogens is 252 g/mol. The van der Waals surface area contributed by atoms with Crippen molar-refractivity contribution in [2.24, 2.45) is 5.92 Å². The van der Waals surface area contributed by atoms with Crippen molar-refractivity contribution in [2.75, 3.05) is 7.11 Å².